The number of hydrogen-bond donors (Lipinski definition) is 1. The number of esters is 3. The fourth-order valence-electron chi connectivity index (χ4n) is 2.57. The Morgan fingerprint density at radius 2 is 1.30 bits per heavy atom. The van der Waals surface area contributed by atoms with E-state index >= 15 is 0 Å². The fourth-order valence-corrected chi connectivity index (χ4v) is 2.57. The van der Waals surface area contributed by atoms with Crippen molar-refractivity contribution in [3.05, 3.63) is 12.2 Å². The molecule has 1 atom stereocenters. The molecule has 1 unspecified atom stereocenters. The summed E-state index contributed by atoms with van der Waals surface area (Å²) in [6.45, 7) is 4.86. The molecule has 0 aliphatic carbocycles. The third-order valence-electron chi connectivity index (χ3n) is 4.50. The zero-order valence-corrected chi connectivity index (χ0v) is 18.6. The number of rotatable bonds is 16. The minimum absolute atomic E-state index is 0.0765. The SMILES string of the molecule is CC=CC(C)(C(=O)O)C(=O)OC(OC(=O)CCCCCC)OC(=O)CCCCCC. The summed E-state index contributed by atoms with van der Waals surface area (Å²) >= 11 is 0. The van der Waals surface area contributed by atoms with E-state index in [0.717, 1.165) is 51.5 Å². The van der Waals surface area contributed by atoms with Gasteiger partial charge in [-0.3, -0.25) is 19.2 Å². The molecule has 0 aromatic heterocycles. The summed E-state index contributed by atoms with van der Waals surface area (Å²) in [5.74, 6) is -4.02. The first-order valence-electron chi connectivity index (χ1n) is 10.7. The summed E-state index contributed by atoms with van der Waals surface area (Å²) in [6.07, 6.45) is 9.49. The van der Waals surface area contributed by atoms with Crippen molar-refractivity contribution in [3.63, 3.8) is 0 Å². The normalized spacial score (nSPS) is 13.1. The van der Waals surface area contributed by atoms with Crippen LogP contribution in [-0.4, -0.2) is 35.5 Å². The molecule has 0 saturated carbocycles. The van der Waals surface area contributed by atoms with E-state index < -0.39 is 35.8 Å². The maximum absolute atomic E-state index is 12.4. The fraction of sp³-hybridized carbons (Fsp3) is 0.727. The number of allylic oxidation sites excluding steroid dienone is 1. The van der Waals surface area contributed by atoms with E-state index in [-0.39, 0.29) is 12.8 Å². The van der Waals surface area contributed by atoms with E-state index in [1.54, 1.807) is 6.92 Å². The van der Waals surface area contributed by atoms with Gasteiger partial charge in [0.05, 0.1) is 0 Å². The Morgan fingerprint density at radius 3 is 1.67 bits per heavy atom. The second-order valence-electron chi connectivity index (χ2n) is 7.30. The van der Waals surface area contributed by atoms with Gasteiger partial charge in [-0.25, -0.2) is 0 Å². The van der Waals surface area contributed by atoms with Gasteiger partial charge < -0.3 is 19.3 Å². The molecule has 0 amide bonds. The van der Waals surface area contributed by atoms with Crippen LogP contribution in [0.5, 0.6) is 0 Å². The molecule has 30 heavy (non-hydrogen) atoms. The van der Waals surface area contributed by atoms with Crippen LogP contribution < -0.4 is 0 Å². The molecule has 8 nitrogen and oxygen atoms in total. The number of ether oxygens (including phenoxy) is 3. The largest absolute Gasteiger partial charge is 0.480 e. The first kappa shape index (κ1) is 27.6. The van der Waals surface area contributed by atoms with Crippen molar-refractivity contribution in [3.8, 4) is 0 Å². The molecule has 0 bridgehead atoms. The van der Waals surface area contributed by atoms with Gasteiger partial charge in [0, 0.05) is 12.8 Å². The molecule has 0 saturated heterocycles. The smallest absolute Gasteiger partial charge is 0.412 e. The van der Waals surface area contributed by atoms with E-state index in [4.69, 9.17) is 14.2 Å². The molecule has 8 heteroatoms. The van der Waals surface area contributed by atoms with Crippen LogP contribution in [0.1, 0.15) is 91.9 Å². The Morgan fingerprint density at radius 1 is 0.833 bits per heavy atom. The average Bonchev–Trinajstić information content (AvgIpc) is 2.68. The van der Waals surface area contributed by atoms with Gasteiger partial charge in [0.2, 0.25) is 0 Å². The van der Waals surface area contributed by atoms with E-state index in [2.05, 4.69) is 0 Å². The van der Waals surface area contributed by atoms with Crippen molar-refractivity contribution in [2.45, 2.75) is 98.4 Å². The number of carboxylic acids is 1. The summed E-state index contributed by atoms with van der Waals surface area (Å²) in [4.78, 5) is 48.1. The van der Waals surface area contributed by atoms with Crippen LogP contribution in [0, 0.1) is 5.41 Å². The highest BCUT2D eigenvalue weighted by molar-refractivity contribution is 6.01. The van der Waals surface area contributed by atoms with Crippen LogP contribution in [0.4, 0.5) is 0 Å². The van der Waals surface area contributed by atoms with E-state index in [9.17, 15) is 24.3 Å². The second kappa shape index (κ2) is 15.5. The Hall–Kier alpha value is -2.38. The van der Waals surface area contributed by atoms with Crippen molar-refractivity contribution >= 4 is 23.9 Å². The molecule has 0 fully saturated rings. The molecular formula is C22H36O8. The number of unbranched alkanes of at least 4 members (excludes halogenated alkanes) is 6. The molecule has 1 N–H and O–H groups in total. The minimum atomic E-state index is -2.01. The molecule has 0 aromatic carbocycles. The van der Waals surface area contributed by atoms with Crippen molar-refractivity contribution in [2.24, 2.45) is 5.41 Å². The Kier molecular flexibility index (Phi) is 14.2. The number of carboxylic acid groups (broad SMARTS) is 1. The molecule has 0 heterocycles. The van der Waals surface area contributed by atoms with Gasteiger partial charge in [-0.1, -0.05) is 64.5 Å². The molecular weight excluding hydrogens is 392 g/mol. The van der Waals surface area contributed by atoms with Crippen LogP contribution in [0.2, 0.25) is 0 Å². The summed E-state index contributed by atoms with van der Waals surface area (Å²) in [6, 6.07) is 0. The number of aliphatic carboxylic acids is 1. The van der Waals surface area contributed by atoms with Gasteiger partial charge in [-0.2, -0.15) is 0 Å². The van der Waals surface area contributed by atoms with Crippen molar-refractivity contribution in [1.82, 2.24) is 0 Å². The third-order valence-corrected chi connectivity index (χ3v) is 4.50. The lowest BCUT2D eigenvalue weighted by atomic mass is 9.90. The van der Waals surface area contributed by atoms with Crippen LogP contribution in [0.3, 0.4) is 0 Å². The molecule has 0 rings (SSSR count). The zero-order valence-electron chi connectivity index (χ0n) is 18.6. The molecule has 0 aliphatic heterocycles. The number of carbonyl (C=O) groups excluding carboxylic acids is 3. The molecule has 0 radical (unpaired) electrons. The van der Waals surface area contributed by atoms with E-state index in [1.807, 2.05) is 13.8 Å². The monoisotopic (exact) mass is 428 g/mol. The highest BCUT2D eigenvalue weighted by Crippen LogP contribution is 2.23. The first-order valence-corrected chi connectivity index (χ1v) is 10.7. The lowest BCUT2D eigenvalue weighted by Crippen LogP contribution is -2.40. The molecule has 172 valence electrons. The van der Waals surface area contributed by atoms with Crippen LogP contribution >= 0.6 is 0 Å². The molecule has 0 aromatic rings. The van der Waals surface area contributed by atoms with Crippen molar-refractivity contribution < 1.29 is 38.5 Å². The average molecular weight is 429 g/mol. The second-order valence-corrected chi connectivity index (χ2v) is 7.30. The topological polar surface area (TPSA) is 116 Å². The van der Waals surface area contributed by atoms with Gasteiger partial charge in [0.1, 0.15) is 0 Å². The predicted molar refractivity (Wildman–Crippen MR) is 110 cm³/mol. The first-order chi connectivity index (χ1) is 14.2. The standard InChI is InChI=1S/C22H36O8/c1-5-8-10-12-14-17(23)28-21(29-18(24)15-13-11-9-6-2)30-20(27)22(4,16-7-3)19(25)26/h7,16,21H,5-6,8-15H2,1-4H3,(H,25,26). The van der Waals surface area contributed by atoms with Gasteiger partial charge in [0.25, 0.3) is 0 Å². The maximum atomic E-state index is 12.4. The van der Waals surface area contributed by atoms with Crippen molar-refractivity contribution in [1.29, 1.82) is 0 Å². The minimum Gasteiger partial charge on any atom is -0.480 e. The predicted octanol–water partition coefficient (Wildman–Crippen LogP) is 4.51. The Bertz CT molecular complexity index is 558. The van der Waals surface area contributed by atoms with Crippen molar-refractivity contribution in [2.75, 3.05) is 0 Å². The maximum Gasteiger partial charge on any atom is 0.412 e. The quantitative estimate of drug-likeness (QED) is 0.125. The lowest BCUT2D eigenvalue weighted by Gasteiger charge is -2.23. The molecule has 0 spiro atoms. The lowest BCUT2D eigenvalue weighted by molar-refractivity contribution is -0.261. The Labute approximate surface area is 178 Å². The number of hydrogen-bond acceptors (Lipinski definition) is 7. The zero-order chi connectivity index (χ0) is 23.0. The van der Waals surface area contributed by atoms with E-state index in [1.165, 1.54) is 6.08 Å². The van der Waals surface area contributed by atoms with Crippen LogP contribution in [0.25, 0.3) is 0 Å². The van der Waals surface area contributed by atoms with Gasteiger partial charge in [0.15, 0.2) is 5.41 Å². The highest BCUT2D eigenvalue weighted by Gasteiger charge is 2.42. The highest BCUT2D eigenvalue weighted by atomic mass is 16.9. The van der Waals surface area contributed by atoms with Crippen LogP contribution in [0.15, 0.2) is 12.2 Å². The van der Waals surface area contributed by atoms with E-state index in [0.29, 0.717) is 12.8 Å². The molecule has 0 aliphatic rings. The number of carbonyl (C=O) groups is 4. The summed E-state index contributed by atoms with van der Waals surface area (Å²) < 4.78 is 15.0. The third kappa shape index (κ3) is 11.0. The van der Waals surface area contributed by atoms with Gasteiger partial charge in [-0.05, 0) is 26.7 Å². The van der Waals surface area contributed by atoms with Gasteiger partial charge in [-0.15, -0.1) is 0 Å². The summed E-state index contributed by atoms with van der Waals surface area (Å²) in [7, 11) is 0. The van der Waals surface area contributed by atoms with Gasteiger partial charge >= 0.3 is 30.4 Å². The Balaban J connectivity index is 5.08. The summed E-state index contributed by atoms with van der Waals surface area (Å²) in [5, 5.41) is 9.38. The van der Waals surface area contributed by atoms with Crippen LogP contribution in [-0.2, 0) is 33.4 Å². The summed E-state index contributed by atoms with van der Waals surface area (Å²) in [5.41, 5.74) is -2.01.